The van der Waals surface area contributed by atoms with Crippen LogP contribution < -0.4 is 21.7 Å². The molecule has 1 aromatic carbocycles. The number of anilines is 2. The van der Waals surface area contributed by atoms with Gasteiger partial charge in [-0.05, 0) is 37.9 Å². The second-order valence-electron chi connectivity index (χ2n) is 8.38. The molecule has 10 nitrogen and oxygen atoms in total. The minimum absolute atomic E-state index is 0.0271. The number of hydrogen-bond acceptors (Lipinski definition) is 9. The summed E-state index contributed by atoms with van der Waals surface area (Å²) in [6.07, 6.45) is 1.51. The van der Waals surface area contributed by atoms with Crippen molar-refractivity contribution < 1.29 is 26.8 Å². The molecule has 3 rings (SSSR count). The molecule has 1 saturated heterocycles. The van der Waals surface area contributed by atoms with Gasteiger partial charge in [-0.2, -0.15) is 0 Å². The van der Waals surface area contributed by atoms with E-state index >= 15 is 0 Å². The SMILES string of the molecule is CC(=O)NCCNCCCS(=O)(=O)N1CCC(Nc2nc(N)c(C(=O)c3c(F)cccc3F)s2)CC1. The van der Waals surface area contributed by atoms with Crippen molar-refractivity contribution in [1.82, 2.24) is 19.9 Å². The van der Waals surface area contributed by atoms with Gasteiger partial charge < -0.3 is 21.7 Å². The third-order valence-electron chi connectivity index (χ3n) is 5.66. The van der Waals surface area contributed by atoms with E-state index in [9.17, 15) is 26.8 Å². The first kappa shape index (κ1) is 27.9. The predicted octanol–water partition coefficient (Wildman–Crippen LogP) is 1.56. The molecule has 198 valence electrons. The third kappa shape index (κ3) is 7.41. The zero-order valence-corrected chi connectivity index (χ0v) is 21.5. The number of benzene rings is 1. The number of sulfonamides is 1. The fraction of sp³-hybridized carbons (Fsp3) is 0.500. The van der Waals surface area contributed by atoms with Gasteiger partial charge in [-0.3, -0.25) is 9.59 Å². The first-order valence-electron chi connectivity index (χ1n) is 11.5. The van der Waals surface area contributed by atoms with E-state index in [2.05, 4.69) is 20.9 Å². The second kappa shape index (κ2) is 12.5. The van der Waals surface area contributed by atoms with Gasteiger partial charge in [0, 0.05) is 39.1 Å². The van der Waals surface area contributed by atoms with E-state index < -0.39 is 33.0 Å². The number of amides is 1. The Hall–Kier alpha value is -2.68. The molecule has 1 amide bonds. The van der Waals surface area contributed by atoms with E-state index in [1.807, 2.05) is 0 Å². The standard InChI is InChI=1S/C22H30F2N6O4S2/c1-14(31)27-10-9-26-8-3-13-36(33,34)30-11-6-15(7-12-30)28-22-29-21(25)20(35-22)19(32)18-16(23)4-2-5-17(18)24/h2,4-5,15,26H,3,6-13,25H2,1H3,(H,27,31)(H,28,29). The van der Waals surface area contributed by atoms with E-state index in [0.717, 1.165) is 23.5 Å². The van der Waals surface area contributed by atoms with Crippen LogP contribution in [-0.4, -0.2) is 73.9 Å². The Morgan fingerprint density at radius 3 is 2.47 bits per heavy atom. The molecule has 0 aliphatic carbocycles. The zero-order valence-electron chi connectivity index (χ0n) is 19.9. The molecule has 2 heterocycles. The predicted molar refractivity (Wildman–Crippen MR) is 134 cm³/mol. The minimum atomic E-state index is -3.39. The van der Waals surface area contributed by atoms with Crippen molar-refractivity contribution in [2.24, 2.45) is 0 Å². The van der Waals surface area contributed by atoms with Gasteiger partial charge in [0.25, 0.3) is 0 Å². The lowest BCUT2D eigenvalue weighted by atomic mass is 10.1. The third-order valence-corrected chi connectivity index (χ3v) is 8.61. The molecule has 0 atom stereocenters. The second-order valence-corrected chi connectivity index (χ2v) is 11.5. The highest BCUT2D eigenvalue weighted by molar-refractivity contribution is 7.89. The largest absolute Gasteiger partial charge is 0.382 e. The molecule has 0 unspecified atom stereocenters. The fourth-order valence-corrected chi connectivity index (χ4v) is 6.24. The van der Waals surface area contributed by atoms with Gasteiger partial charge in [-0.1, -0.05) is 17.4 Å². The van der Waals surface area contributed by atoms with Gasteiger partial charge in [0.15, 0.2) is 5.13 Å². The summed E-state index contributed by atoms with van der Waals surface area (Å²) in [6.45, 7) is 3.70. The molecule has 1 fully saturated rings. The molecule has 1 aliphatic rings. The quantitative estimate of drug-likeness (QED) is 0.233. The molecule has 0 spiro atoms. The normalized spacial score (nSPS) is 15.1. The van der Waals surface area contributed by atoms with Gasteiger partial charge in [-0.15, -0.1) is 0 Å². The number of piperidine rings is 1. The topological polar surface area (TPSA) is 147 Å². The highest BCUT2D eigenvalue weighted by Crippen LogP contribution is 2.30. The summed E-state index contributed by atoms with van der Waals surface area (Å²) in [5, 5.41) is 9.24. The van der Waals surface area contributed by atoms with E-state index in [1.54, 1.807) is 0 Å². The molecule has 1 aliphatic heterocycles. The first-order valence-corrected chi connectivity index (χ1v) is 14.0. The van der Waals surface area contributed by atoms with Crippen molar-refractivity contribution in [1.29, 1.82) is 0 Å². The maximum Gasteiger partial charge on any atom is 0.216 e. The molecule has 0 saturated carbocycles. The number of thiazole rings is 1. The molecule has 1 aromatic heterocycles. The summed E-state index contributed by atoms with van der Waals surface area (Å²) in [4.78, 5) is 27.5. The van der Waals surface area contributed by atoms with E-state index in [4.69, 9.17) is 5.73 Å². The number of nitrogens with zero attached hydrogens (tertiary/aromatic N) is 2. The van der Waals surface area contributed by atoms with E-state index in [-0.39, 0.29) is 28.4 Å². The summed E-state index contributed by atoms with van der Waals surface area (Å²) in [6, 6.07) is 3.08. The van der Waals surface area contributed by atoms with Crippen molar-refractivity contribution in [2.75, 3.05) is 49.5 Å². The molecule has 36 heavy (non-hydrogen) atoms. The molecule has 0 radical (unpaired) electrons. The molecule has 2 aromatic rings. The van der Waals surface area contributed by atoms with Crippen LogP contribution in [0.4, 0.5) is 19.7 Å². The van der Waals surface area contributed by atoms with Crippen molar-refractivity contribution in [3.8, 4) is 0 Å². The van der Waals surface area contributed by atoms with Crippen LogP contribution in [0.5, 0.6) is 0 Å². The van der Waals surface area contributed by atoms with Crippen molar-refractivity contribution in [3.05, 3.63) is 40.3 Å². The smallest absolute Gasteiger partial charge is 0.216 e. The Balaban J connectivity index is 1.47. The Labute approximate surface area is 212 Å². The first-order chi connectivity index (χ1) is 17.1. The highest BCUT2D eigenvalue weighted by Gasteiger charge is 2.29. The highest BCUT2D eigenvalue weighted by atomic mass is 32.2. The number of carbonyl (C=O) groups excluding carboxylic acids is 2. The van der Waals surface area contributed by atoms with Crippen LogP contribution >= 0.6 is 11.3 Å². The molecule has 14 heteroatoms. The average Bonchev–Trinajstić information content (AvgIpc) is 3.18. The van der Waals surface area contributed by atoms with Gasteiger partial charge in [0.05, 0.1) is 11.3 Å². The maximum absolute atomic E-state index is 14.0. The summed E-state index contributed by atoms with van der Waals surface area (Å²) in [7, 11) is -3.39. The van der Waals surface area contributed by atoms with Crippen molar-refractivity contribution >= 4 is 44.0 Å². The van der Waals surface area contributed by atoms with Crippen LogP contribution in [-0.2, 0) is 14.8 Å². The number of rotatable bonds is 12. The van der Waals surface area contributed by atoms with Crippen molar-refractivity contribution in [2.45, 2.75) is 32.2 Å². The Kier molecular flexibility index (Phi) is 9.70. The van der Waals surface area contributed by atoms with Gasteiger partial charge in [0.2, 0.25) is 21.7 Å². The summed E-state index contributed by atoms with van der Waals surface area (Å²) in [5.41, 5.74) is 5.16. The number of ketones is 1. The molecule has 5 N–H and O–H groups in total. The number of nitrogens with two attached hydrogens (primary N) is 1. The number of carbonyl (C=O) groups is 2. The summed E-state index contributed by atoms with van der Waals surface area (Å²) < 4.78 is 54.7. The van der Waals surface area contributed by atoms with Crippen LogP contribution in [0.1, 0.15) is 41.4 Å². The van der Waals surface area contributed by atoms with Gasteiger partial charge in [0.1, 0.15) is 22.3 Å². The molecular weight excluding hydrogens is 514 g/mol. The van der Waals surface area contributed by atoms with E-state index in [1.165, 1.54) is 17.3 Å². The lowest BCUT2D eigenvalue weighted by Crippen LogP contribution is -2.43. The van der Waals surface area contributed by atoms with Gasteiger partial charge >= 0.3 is 0 Å². The minimum Gasteiger partial charge on any atom is -0.382 e. The molecular formula is C22H30F2N6O4S2. The maximum atomic E-state index is 14.0. The van der Waals surface area contributed by atoms with Crippen LogP contribution in [0, 0.1) is 11.6 Å². The Bertz CT molecular complexity index is 1160. The number of aromatic nitrogens is 1. The van der Waals surface area contributed by atoms with Crippen molar-refractivity contribution in [3.63, 3.8) is 0 Å². The van der Waals surface area contributed by atoms with Crippen LogP contribution in [0.25, 0.3) is 0 Å². The average molecular weight is 545 g/mol. The molecule has 0 bridgehead atoms. The van der Waals surface area contributed by atoms with Gasteiger partial charge in [-0.25, -0.2) is 26.5 Å². The summed E-state index contributed by atoms with van der Waals surface area (Å²) in [5.74, 6) is -3.03. The number of halogens is 2. The summed E-state index contributed by atoms with van der Waals surface area (Å²) >= 11 is 0.908. The number of hydrogen-bond donors (Lipinski definition) is 4. The lowest BCUT2D eigenvalue weighted by molar-refractivity contribution is -0.118. The Morgan fingerprint density at radius 1 is 1.17 bits per heavy atom. The number of nitrogen functional groups attached to an aromatic ring is 1. The lowest BCUT2D eigenvalue weighted by Gasteiger charge is -2.31. The van der Waals surface area contributed by atoms with Crippen LogP contribution in [0.2, 0.25) is 0 Å². The Morgan fingerprint density at radius 2 is 1.83 bits per heavy atom. The zero-order chi connectivity index (χ0) is 26.3. The number of nitrogens with one attached hydrogen (secondary N) is 3. The van der Waals surface area contributed by atoms with Crippen LogP contribution in [0.3, 0.4) is 0 Å². The fourth-order valence-electron chi connectivity index (χ4n) is 3.80. The monoisotopic (exact) mass is 544 g/mol. The van der Waals surface area contributed by atoms with E-state index in [0.29, 0.717) is 57.1 Å². The van der Waals surface area contributed by atoms with Crippen LogP contribution in [0.15, 0.2) is 18.2 Å².